The molecule has 80 valence electrons. The van der Waals surface area contributed by atoms with Crippen LogP contribution in [0.5, 0.6) is 0 Å². The predicted octanol–water partition coefficient (Wildman–Crippen LogP) is 3.59. The largest absolute Gasteiger partial charge is 0.328 e. The first-order valence-corrected chi connectivity index (χ1v) is 13.2. The van der Waals surface area contributed by atoms with Crippen LogP contribution in [0.25, 0.3) is 0 Å². The summed E-state index contributed by atoms with van der Waals surface area (Å²) in [5.74, 6) is 0. The first-order valence-electron chi connectivity index (χ1n) is 4.73. The minimum absolute atomic E-state index is 0.552. The smallest absolute Gasteiger partial charge is 0.245 e. The fraction of sp³-hybridized carbons (Fsp3) is 1.00. The molecule has 1 saturated heterocycles. The summed E-state index contributed by atoms with van der Waals surface area (Å²) < 4.78 is 0. The van der Waals surface area contributed by atoms with Crippen molar-refractivity contribution >= 4 is 36.9 Å². The molecule has 0 radical (unpaired) electrons. The second-order valence-corrected chi connectivity index (χ2v) is 19.1. The lowest BCUT2D eigenvalue weighted by Crippen LogP contribution is -2.23. The Morgan fingerprint density at radius 1 is 1.31 bits per heavy atom. The van der Waals surface area contributed by atoms with Crippen LogP contribution >= 0.6 is 22.2 Å². The second-order valence-electron chi connectivity index (χ2n) is 4.99. The van der Waals surface area contributed by atoms with Crippen LogP contribution < -0.4 is 5.73 Å². The topological polar surface area (TPSA) is 26.0 Å². The van der Waals surface area contributed by atoms with Gasteiger partial charge < -0.3 is 5.73 Å². The van der Waals surface area contributed by atoms with Crippen LogP contribution in [-0.4, -0.2) is 20.8 Å². The van der Waals surface area contributed by atoms with Crippen molar-refractivity contribution in [3.8, 4) is 0 Å². The lowest BCUT2D eigenvalue weighted by Gasteiger charge is -2.11. The Morgan fingerprint density at radius 3 is 1.77 bits per heavy atom. The van der Waals surface area contributed by atoms with Gasteiger partial charge in [0.05, 0.1) is 0 Å². The Labute approximate surface area is 93.4 Å². The van der Waals surface area contributed by atoms with E-state index in [1.165, 1.54) is 18.5 Å². The molecule has 0 aromatic carbocycles. The quantitative estimate of drug-likeness (QED) is 0.521. The van der Waals surface area contributed by atoms with Crippen LogP contribution in [0.3, 0.4) is 0 Å². The summed E-state index contributed by atoms with van der Waals surface area (Å²) >= 11 is 10.9. The van der Waals surface area contributed by atoms with E-state index in [1.54, 1.807) is 0 Å². The van der Waals surface area contributed by atoms with E-state index in [0.717, 1.165) is 0 Å². The normalized spacial score (nSPS) is 26.5. The molecule has 1 heterocycles. The molecule has 5 heteroatoms. The van der Waals surface area contributed by atoms with E-state index in [0.29, 0.717) is 6.04 Å². The van der Waals surface area contributed by atoms with Crippen LogP contribution in [0.2, 0.25) is 38.3 Å². The molecule has 0 amide bonds. The van der Waals surface area contributed by atoms with E-state index in [9.17, 15) is 0 Å². The molecule has 0 bridgehead atoms. The molecular formula is C8H21Cl2NSi2. The maximum Gasteiger partial charge on any atom is 0.245 e. The van der Waals surface area contributed by atoms with Gasteiger partial charge in [-0.25, -0.2) is 0 Å². The fourth-order valence-electron chi connectivity index (χ4n) is 1.49. The number of halogens is 2. The third-order valence-corrected chi connectivity index (χ3v) is 5.28. The molecule has 0 aliphatic carbocycles. The van der Waals surface area contributed by atoms with Gasteiger partial charge in [0.1, 0.15) is 0 Å². The van der Waals surface area contributed by atoms with Crippen molar-refractivity contribution in [1.29, 1.82) is 0 Å². The van der Waals surface area contributed by atoms with Crippen LogP contribution in [-0.2, 0) is 0 Å². The van der Waals surface area contributed by atoms with E-state index in [1.807, 2.05) is 13.1 Å². The van der Waals surface area contributed by atoms with Crippen LogP contribution in [0, 0.1) is 0 Å². The third kappa shape index (κ3) is 10.9. The van der Waals surface area contributed by atoms with Gasteiger partial charge in [0, 0.05) is 14.1 Å². The Kier molecular flexibility index (Phi) is 5.55. The Balaban J connectivity index is 0.000000252. The van der Waals surface area contributed by atoms with Crippen LogP contribution in [0.15, 0.2) is 0 Å². The number of hydrogen-bond donors (Lipinski definition) is 1. The molecule has 0 saturated carbocycles. The molecule has 1 nitrogen and oxygen atoms in total. The molecule has 1 atom stereocenters. The summed E-state index contributed by atoms with van der Waals surface area (Å²) in [7, 11) is -0.728. The second kappa shape index (κ2) is 5.17. The number of hydrogen-bond acceptors (Lipinski definition) is 1. The first kappa shape index (κ1) is 14.0. The van der Waals surface area contributed by atoms with E-state index in [2.05, 4.69) is 13.1 Å². The van der Waals surface area contributed by atoms with Crippen molar-refractivity contribution in [3.05, 3.63) is 0 Å². The monoisotopic (exact) mass is 257 g/mol. The first-order chi connectivity index (χ1) is 5.60. The van der Waals surface area contributed by atoms with Gasteiger partial charge in [-0.05, 0) is 25.6 Å². The summed E-state index contributed by atoms with van der Waals surface area (Å²) in [6.45, 7) is 6.91. The highest BCUT2D eigenvalue weighted by Crippen LogP contribution is 2.28. The van der Waals surface area contributed by atoms with Gasteiger partial charge in [-0.3, -0.25) is 0 Å². The highest BCUT2D eigenvalue weighted by atomic mass is 35.7. The maximum absolute atomic E-state index is 5.75. The zero-order chi connectivity index (χ0) is 10.7. The van der Waals surface area contributed by atoms with Crippen molar-refractivity contribution in [3.63, 3.8) is 0 Å². The molecule has 0 aromatic heterocycles. The molecule has 1 aliphatic heterocycles. The molecule has 1 aliphatic rings. The van der Waals surface area contributed by atoms with Crippen molar-refractivity contribution in [2.75, 3.05) is 0 Å². The lowest BCUT2D eigenvalue weighted by molar-refractivity contribution is 0.749. The Bertz CT molecular complexity index is 151. The maximum atomic E-state index is 5.75. The number of rotatable bonds is 0. The van der Waals surface area contributed by atoms with Crippen molar-refractivity contribution in [2.24, 2.45) is 5.73 Å². The van der Waals surface area contributed by atoms with Gasteiger partial charge in [0.15, 0.2) is 0 Å². The molecule has 0 spiro atoms. The summed E-state index contributed by atoms with van der Waals surface area (Å²) in [6, 6.07) is 3.36. The minimum Gasteiger partial charge on any atom is -0.328 e. The van der Waals surface area contributed by atoms with Gasteiger partial charge in [0.25, 0.3) is 0 Å². The van der Waals surface area contributed by atoms with Gasteiger partial charge >= 0.3 is 0 Å². The van der Waals surface area contributed by atoms with E-state index in [-0.39, 0.29) is 0 Å². The van der Waals surface area contributed by atoms with E-state index in [4.69, 9.17) is 27.9 Å². The zero-order valence-corrected chi connectivity index (χ0v) is 12.5. The summed E-state index contributed by atoms with van der Waals surface area (Å²) in [6.07, 6.45) is 1.29. The standard InChI is InChI=1S/C6H15NSi.C2H6Cl2Si/c1-8(2)4-3-6(7)5-8;1-5(2,3)4/h6H,3-5,7H2,1-2H3;1-2H3. The van der Waals surface area contributed by atoms with Crippen molar-refractivity contribution in [1.82, 2.24) is 0 Å². The van der Waals surface area contributed by atoms with Gasteiger partial charge in [-0.15, -0.1) is 22.2 Å². The molecule has 1 unspecified atom stereocenters. The highest BCUT2D eigenvalue weighted by molar-refractivity contribution is 7.44. The van der Waals surface area contributed by atoms with Crippen LogP contribution in [0.4, 0.5) is 0 Å². The van der Waals surface area contributed by atoms with E-state index < -0.39 is 14.8 Å². The molecule has 13 heavy (non-hydrogen) atoms. The molecule has 0 aromatic rings. The molecule has 1 fully saturated rings. The highest BCUT2D eigenvalue weighted by Gasteiger charge is 2.30. The fourth-order valence-corrected chi connectivity index (χ4v) is 4.47. The average molecular weight is 258 g/mol. The van der Waals surface area contributed by atoms with Crippen molar-refractivity contribution in [2.45, 2.75) is 50.7 Å². The van der Waals surface area contributed by atoms with Gasteiger partial charge in [-0.1, -0.05) is 19.1 Å². The lowest BCUT2D eigenvalue weighted by atomic mass is 10.3. The predicted molar refractivity (Wildman–Crippen MR) is 68.9 cm³/mol. The SMILES string of the molecule is C[Si](C)(Cl)Cl.C[Si]1(C)CCC(N)C1. The Hall–Kier alpha value is 0.974. The minimum atomic E-state index is -1.67. The molecule has 1 rings (SSSR count). The van der Waals surface area contributed by atoms with Gasteiger partial charge in [-0.2, -0.15) is 0 Å². The average Bonchev–Trinajstić information content (AvgIpc) is 2.04. The summed E-state index contributed by atoms with van der Waals surface area (Å²) in [5, 5.41) is 0. The number of nitrogens with two attached hydrogens (primary N) is 1. The summed E-state index contributed by atoms with van der Waals surface area (Å²) in [5.41, 5.74) is 5.75. The van der Waals surface area contributed by atoms with Crippen LogP contribution in [0.1, 0.15) is 6.42 Å². The Morgan fingerprint density at radius 2 is 1.69 bits per heavy atom. The van der Waals surface area contributed by atoms with E-state index >= 15 is 0 Å². The molecular weight excluding hydrogens is 237 g/mol. The molecule has 2 N–H and O–H groups in total. The van der Waals surface area contributed by atoms with Gasteiger partial charge in [0.2, 0.25) is 6.69 Å². The third-order valence-electron chi connectivity index (χ3n) is 2.01. The van der Waals surface area contributed by atoms with Crippen molar-refractivity contribution < 1.29 is 0 Å². The zero-order valence-electron chi connectivity index (χ0n) is 9.03. The summed E-state index contributed by atoms with van der Waals surface area (Å²) in [4.78, 5) is 0.